The van der Waals surface area contributed by atoms with Crippen molar-refractivity contribution in [3.63, 3.8) is 0 Å². The maximum Gasteiger partial charge on any atom is 0.00695 e. The molecule has 13 heavy (non-hydrogen) atoms. The number of rotatable bonds is 4. The number of hydrogen-bond donors (Lipinski definition) is 1. The summed E-state index contributed by atoms with van der Waals surface area (Å²) in [6.07, 6.45) is 9.68. The standard InChI is InChI=1S/C11H23N.ClH/c1-3-6-10-8-5-9-11(12-10)7-4-2;/h10-12H,3-9H2,1-2H3;1H/t10-,11+;. The molecule has 1 aliphatic heterocycles. The number of piperidine rings is 1. The lowest BCUT2D eigenvalue weighted by Crippen LogP contribution is -2.41. The molecule has 1 aliphatic rings. The maximum atomic E-state index is 3.76. The molecule has 1 N–H and O–H groups in total. The molecule has 0 radical (unpaired) electrons. The molecule has 0 aromatic heterocycles. The third-order valence-electron chi connectivity index (χ3n) is 2.85. The Hall–Kier alpha value is 0.250. The van der Waals surface area contributed by atoms with E-state index in [0.29, 0.717) is 0 Å². The SMILES string of the molecule is CCC[C@@H]1CCC[C@H](CCC)N1.Cl. The molecule has 2 atom stereocenters. The summed E-state index contributed by atoms with van der Waals surface area (Å²) in [6, 6.07) is 1.67. The van der Waals surface area contributed by atoms with E-state index in [1.807, 2.05) is 0 Å². The zero-order valence-corrected chi connectivity index (χ0v) is 9.83. The van der Waals surface area contributed by atoms with Gasteiger partial charge in [0.05, 0.1) is 0 Å². The van der Waals surface area contributed by atoms with E-state index in [0.717, 1.165) is 12.1 Å². The average Bonchev–Trinajstić information content (AvgIpc) is 2.06. The zero-order valence-electron chi connectivity index (χ0n) is 9.01. The van der Waals surface area contributed by atoms with E-state index in [2.05, 4.69) is 19.2 Å². The molecule has 0 aromatic rings. The van der Waals surface area contributed by atoms with Crippen LogP contribution in [0.5, 0.6) is 0 Å². The van der Waals surface area contributed by atoms with Crippen LogP contribution in [0, 0.1) is 0 Å². The van der Waals surface area contributed by atoms with Gasteiger partial charge in [0.2, 0.25) is 0 Å². The highest BCUT2D eigenvalue weighted by molar-refractivity contribution is 5.85. The van der Waals surface area contributed by atoms with Gasteiger partial charge in [-0.1, -0.05) is 33.1 Å². The van der Waals surface area contributed by atoms with Gasteiger partial charge in [0.1, 0.15) is 0 Å². The minimum atomic E-state index is 0. The highest BCUT2D eigenvalue weighted by atomic mass is 35.5. The molecule has 1 fully saturated rings. The van der Waals surface area contributed by atoms with Crippen LogP contribution < -0.4 is 5.32 Å². The van der Waals surface area contributed by atoms with Crippen molar-refractivity contribution >= 4 is 12.4 Å². The summed E-state index contributed by atoms with van der Waals surface area (Å²) in [5.74, 6) is 0. The van der Waals surface area contributed by atoms with E-state index in [9.17, 15) is 0 Å². The van der Waals surface area contributed by atoms with E-state index in [-0.39, 0.29) is 12.4 Å². The van der Waals surface area contributed by atoms with Crippen LogP contribution in [0.25, 0.3) is 0 Å². The fourth-order valence-corrected chi connectivity index (χ4v) is 2.26. The van der Waals surface area contributed by atoms with Crippen LogP contribution in [0.15, 0.2) is 0 Å². The summed E-state index contributed by atoms with van der Waals surface area (Å²) < 4.78 is 0. The molecule has 0 amide bonds. The van der Waals surface area contributed by atoms with Crippen LogP contribution in [0.3, 0.4) is 0 Å². The Morgan fingerprint density at radius 3 is 1.85 bits per heavy atom. The second-order valence-corrected chi connectivity index (χ2v) is 4.07. The number of nitrogens with one attached hydrogen (secondary N) is 1. The second kappa shape index (κ2) is 7.64. The summed E-state index contributed by atoms with van der Waals surface area (Å²) in [5.41, 5.74) is 0. The first-order valence-corrected chi connectivity index (χ1v) is 5.62. The van der Waals surface area contributed by atoms with Gasteiger partial charge < -0.3 is 5.32 Å². The zero-order chi connectivity index (χ0) is 8.81. The molecule has 0 unspecified atom stereocenters. The summed E-state index contributed by atoms with van der Waals surface area (Å²) in [5, 5.41) is 3.76. The van der Waals surface area contributed by atoms with Crippen LogP contribution >= 0.6 is 12.4 Å². The maximum absolute atomic E-state index is 3.76. The predicted molar refractivity (Wildman–Crippen MR) is 61.6 cm³/mol. The first-order valence-electron chi connectivity index (χ1n) is 5.62. The van der Waals surface area contributed by atoms with E-state index >= 15 is 0 Å². The summed E-state index contributed by atoms with van der Waals surface area (Å²) in [7, 11) is 0. The Morgan fingerprint density at radius 1 is 1.00 bits per heavy atom. The van der Waals surface area contributed by atoms with Crippen LogP contribution in [0.4, 0.5) is 0 Å². The Labute approximate surface area is 89.1 Å². The highest BCUT2D eigenvalue weighted by Gasteiger charge is 2.18. The van der Waals surface area contributed by atoms with Crippen molar-refractivity contribution in [2.45, 2.75) is 70.9 Å². The average molecular weight is 206 g/mol. The highest BCUT2D eigenvalue weighted by Crippen LogP contribution is 2.18. The lowest BCUT2D eigenvalue weighted by atomic mass is 9.93. The molecule has 1 saturated heterocycles. The smallest absolute Gasteiger partial charge is 0.00695 e. The molecular weight excluding hydrogens is 182 g/mol. The van der Waals surface area contributed by atoms with Crippen molar-refractivity contribution in [2.24, 2.45) is 0 Å². The Kier molecular flexibility index (Phi) is 7.78. The first kappa shape index (κ1) is 13.2. The normalized spacial score (nSPS) is 28.2. The minimum absolute atomic E-state index is 0. The monoisotopic (exact) mass is 205 g/mol. The minimum Gasteiger partial charge on any atom is -0.311 e. The van der Waals surface area contributed by atoms with Crippen LogP contribution in [0.1, 0.15) is 58.8 Å². The molecule has 1 rings (SSSR count). The molecular formula is C11H24ClN. The van der Waals surface area contributed by atoms with Gasteiger partial charge in [-0.05, 0) is 25.7 Å². The van der Waals surface area contributed by atoms with Crippen molar-refractivity contribution in [1.82, 2.24) is 5.32 Å². The van der Waals surface area contributed by atoms with Gasteiger partial charge in [0, 0.05) is 12.1 Å². The van der Waals surface area contributed by atoms with Crippen molar-refractivity contribution in [3.05, 3.63) is 0 Å². The van der Waals surface area contributed by atoms with Crippen LogP contribution in [-0.2, 0) is 0 Å². The summed E-state index contributed by atoms with van der Waals surface area (Å²) >= 11 is 0. The van der Waals surface area contributed by atoms with Gasteiger partial charge >= 0.3 is 0 Å². The fraction of sp³-hybridized carbons (Fsp3) is 1.00. The Bertz CT molecular complexity index is 101. The van der Waals surface area contributed by atoms with Crippen LogP contribution in [-0.4, -0.2) is 12.1 Å². The lowest BCUT2D eigenvalue weighted by Gasteiger charge is -2.30. The fourth-order valence-electron chi connectivity index (χ4n) is 2.26. The predicted octanol–water partition coefficient (Wildman–Crippen LogP) is 3.52. The Balaban J connectivity index is 0.00000144. The van der Waals surface area contributed by atoms with E-state index in [1.54, 1.807) is 0 Å². The molecule has 0 aliphatic carbocycles. The Morgan fingerprint density at radius 2 is 1.46 bits per heavy atom. The topological polar surface area (TPSA) is 12.0 Å². The van der Waals surface area contributed by atoms with Crippen molar-refractivity contribution < 1.29 is 0 Å². The molecule has 0 spiro atoms. The summed E-state index contributed by atoms with van der Waals surface area (Å²) in [4.78, 5) is 0. The van der Waals surface area contributed by atoms with Crippen molar-refractivity contribution in [3.8, 4) is 0 Å². The second-order valence-electron chi connectivity index (χ2n) is 4.07. The van der Waals surface area contributed by atoms with Gasteiger partial charge in [0.25, 0.3) is 0 Å². The van der Waals surface area contributed by atoms with Gasteiger partial charge in [-0.15, -0.1) is 12.4 Å². The molecule has 1 nitrogen and oxygen atoms in total. The van der Waals surface area contributed by atoms with Gasteiger partial charge in [-0.3, -0.25) is 0 Å². The van der Waals surface area contributed by atoms with Crippen molar-refractivity contribution in [2.75, 3.05) is 0 Å². The molecule has 0 saturated carbocycles. The van der Waals surface area contributed by atoms with Crippen LogP contribution in [0.2, 0.25) is 0 Å². The molecule has 0 bridgehead atoms. The largest absolute Gasteiger partial charge is 0.311 e. The van der Waals surface area contributed by atoms with E-state index in [1.165, 1.54) is 44.9 Å². The molecule has 80 valence electrons. The number of halogens is 1. The third-order valence-corrected chi connectivity index (χ3v) is 2.85. The quantitative estimate of drug-likeness (QED) is 0.741. The van der Waals surface area contributed by atoms with Gasteiger partial charge in [0.15, 0.2) is 0 Å². The first-order chi connectivity index (χ1) is 5.86. The van der Waals surface area contributed by atoms with Gasteiger partial charge in [-0.25, -0.2) is 0 Å². The summed E-state index contributed by atoms with van der Waals surface area (Å²) in [6.45, 7) is 4.57. The van der Waals surface area contributed by atoms with Crippen molar-refractivity contribution in [1.29, 1.82) is 0 Å². The molecule has 2 heteroatoms. The third kappa shape index (κ3) is 4.87. The molecule has 0 aromatic carbocycles. The molecule has 1 heterocycles. The van der Waals surface area contributed by atoms with E-state index in [4.69, 9.17) is 0 Å². The van der Waals surface area contributed by atoms with Gasteiger partial charge in [-0.2, -0.15) is 0 Å². The van der Waals surface area contributed by atoms with E-state index < -0.39 is 0 Å². The lowest BCUT2D eigenvalue weighted by molar-refractivity contribution is 0.294. The number of hydrogen-bond acceptors (Lipinski definition) is 1.